The van der Waals surface area contributed by atoms with Gasteiger partial charge in [-0.1, -0.05) is 6.07 Å². The number of hydrogen-bond acceptors (Lipinski definition) is 3. The Labute approximate surface area is 135 Å². The standard InChI is InChI=1S/C18H21N3O2/c1-13-9-16(11-17(22)20-13)18(23)21-7-4-14(5-8-21)10-15-3-2-6-19-12-15/h2-3,6,9,11-12,14H,4-5,7-8,10H2,1H3,(H,20,22). The van der Waals surface area contributed by atoms with Crippen molar-refractivity contribution >= 4 is 5.91 Å². The number of nitrogens with zero attached hydrogens (tertiary/aromatic N) is 2. The Hall–Kier alpha value is -2.43. The van der Waals surface area contributed by atoms with Crippen molar-refractivity contribution in [1.29, 1.82) is 0 Å². The van der Waals surface area contributed by atoms with Crippen molar-refractivity contribution < 1.29 is 4.79 Å². The molecule has 1 fully saturated rings. The average Bonchev–Trinajstić information content (AvgIpc) is 2.55. The summed E-state index contributed by atoms with van der Waals surface area (Å²) >= 11 is 0. The number of amides is 1. The fourth-order valence-corrected chi connectivity index (χ4v) is 3.18. The Morgan fingerprint density at radius 1 is 1.35 bits per heavy atom. The number of H-pyrrole nitrogens is 1. The highest BCUT2D eigenvalue weighted by molar-refractivity contribution is 5.94. The predicted octanol–water partition coefficient (Wildman–Crippen LogP) is 2.17. The fraction of sp³-hybridized carbons (Fsp3) is 0.389. The van der Waals surface area contributed by atoms with E-state index in [1.165, 1.54) is 11.6 Å². The lowest BCUT2D eigenvalue weighted by Gasteiger charge is -2.32. The number of nitrogens with one attached hydrogen (secondary N) is 1. The summed E-state index contributed by atoms with van der Waals surface area (Å²) in [7, 11) is 0. The maximum atomic E-state index is 12.5. The molecule has 0 radical (unpaired) electrons. The van der Waals surface area contributed by atoms with E-state index in [0.29, 0.717) is 17.2 Å². The predicted molar refractivity (Wildman–Crippen MR) is 88.4 cm³/mol. The van der Waals surface area contributed by atoms with Crippen molar-refractivity contribution in [3.63, 3.8) is 0 Å². The van der Waals surface area contributed by atoms with Crippen LogP contribution in [0.25, 0.3) is 0 Å². The number of aromatic nitrogens is 2. The third-order valence-corrected chi connectivity index (χ3v) is 4.37. The minimum atomic E-state index is -0.222. The molecule has 3 heterocycles. The number of aryl methyl sites for hydroxylation is 1. The summed E-state index contributed by atoms with van der Waals surface area (Å²) in [5.41, 5.74) is 2.23. The van der Waals surface area contributed by atoms with Crippen LogP contribution in [0.5, 0.6) is 0 Å². The molecule has 2 aromatic rings. The van der Waals surface area contributed by atoms with Crippen molar-refractivity contribution in [2.24, 2.45) is 5.92 Å². The van der Waals surface area contributed by atoms with Gasteiger partial charge in [-0.15, -0.1) is 0 Å². The first-order chi connectivity index (χ1) is 11.1. The fourth-order valence-electron chi connectivity index (χ4n) is 3.18. The molecule has 0 atom stereocenters. The van der Waals surface area contributed by atoms with Gasteiger partial charge in [0.1, 0.15) is 0 Å². The van der Waals surface area contributed by atoms with Gasteiger partial charge in [-0.25, -0.2) is 0 Å². The maximum Gasteiger partial charge on any atom is 0.254 e. The van der Waals surface area contributed by atoms with Gasteiger partial charge in [0.25, 0.3) is 5.91 Å². The minimum Gasteiger partial charge on any atom is -0.339 e. The van der Waals surface area contributed by atoms with Gasteiger partial charge < -0.3 is 9.88 Å². The Morgan fingerprint density at radius 2 is 2.13 bits per heavy atom. The van der Waals surface area contributed by atoms with Gasteiger partial charge in [-0.2, -0.15) is 0 Å². The molecule has 23 heavy (non-hydrogen) atoms. The Morgan fingerprint density at radius 3 is 2.78 bits per heavy atom. The highest BCUT2D eigenvalue weighted by Crippen LogP contribution is 2.22. The number of hydrogen-bond donors (Lipinski definition) is 1. The summed E-state index contributed by atoms with van der Waals surface area (Å²) in [6, 6.07) is 7.19. The number of carbonyl (C=O) groups excluding carboxylic acids is 1. The minimum absolute atomic E-state index is 0.0426. The molecular formula is C18H21N3O2. The number of aromatic amines is 1. The zero-order valence-electron chi connectivity index (χ0n) is 13.3. The number of pyridine rings is 2. The summed E-state index contributed by atoms with van der Waals surface area (Å²) in [4.78, 5) is 32.7. The van der Waals surface area contributed by atoms with Gasteiger partial charge in [0, 0.05) is 42.8 Å². The molecule has 0 aliphatic carbocycles. The summed E-state index contributed by atoms with van der Waals surface area (Å²) in [5.74, 6) is 0.545. The zero-order valence-corrected chi connectivity index (χ0v) is 13.3. The molecule has 5 heteroatoms. The van der Waals surface area contributed by atoms with Crippen LogP contribution in [0, 0.1) is 12.8 Å². The highest BCUT2D eigenvalue weighted by Gasteiger charge is 2.24. The molecule has 1 saturated heterocycles. The van der Waals surface area contributed by atoms with E-state index in [1.54, 1.807) is 19.2 Å². The molecule has 0 saturated carbocycles. The first-order valence-electron chi connectivity index (χ1n) is 8.01. The van der Waals surface area contributed by atoms with Crippen LogP contribution >= 0.6 is 0 Å². The van der Waals surface area contributed by atoms with E-state index < -0.39 is 0 Å². The molecule has 1 aliphatic rings. The first kappa shape index (κ1) is 15.5. The highest BCUT2D eigenvalue weighted by atomic mass is 16.2. The van der Waals surface area contributed by atoms with Gasteiger partial charge in [0.2, 0.25) is 5.56 Å². The van der Waals surface area contributed by atoms with Gasteiger partial charge in [0.15, 0.2) is 0 Å². The summed E-state index contributed by atoms with van der Waals surface area (Å²) in [6.45, 7) is 3.28. The topological polar surface area (TPSA) is 66.1 Å². The normalized spacial score (nSPS) is 15.6. The van der Waals surface area contributed by atoms with Crippen LogP contribution in [0.1, 0.15) is 34.5 Å². The zero-order chi connectivity index (χ0) is 16.2. The molecule has 3 rings (SSSR count). The number of carbonyl (C=O) groups is 1. The third kappa shape index (κ3) is 3.86. The summed E-state index contributed by atoms with van der Waals surface area (Å²) in [5, 5.41) is 0. The maximum absolute atomic E-state index is 12.5. The average molecular weight is 311 g/mol. The van der Waals surface area contributed by atoms with Crippen molar-refractivity contribution in [2.75, 3.05) is 13.1 Å². The lowest BCUT2D eigenvalue weighted by molar-refractivity contribution is 0.0690. The molecular weight excluding hydrogens is 290 g/mol. The van der Waals surface area contributed by atoms with Crippen molar-refractivity contribution in [1.82, 2.24) is 14.9 Å². The molecule has 1 amide bonds. The molecule has 1 aliphatic heterocycles. The molecule has 1 N–H and O–H groups in total. The second kappa shape index (κ2) is 6.77. The first-order valence-corrected chi connectivity index (χ1v) is 8.01. The van der Waals surface area contributed by atoms with Crippen LogP contribution in [0.15, 0.2) is 41.5 Å². The molecule has 120 valence electrons. The van der Waals surface area contributed by atoms with Crippen LogP contribution in [0.3, 0.4) is 0 Å². The quantitative estimate of drug-likeness (QED) is 0.945. The largest absolute Gasteiger partial charge is 0.339 e. The lowest BCUT2D eigenvalue weighted by atomic mass is 9.90. The van der Waals surface area contributed by atoms with Gasteiger partial charge in [0.05, 0.1) is 0 Å². The SMILES string of the molecule is Cc1cc(C(=O)N2CCC(Cc3cccnc3)CC2)cc(=O)[nH]1. The third-order valence-electron chi connectivity index (χ3n) is 4.37. The molecule has 2 aromatic heterocycles. The van der Waals surface area contributed by atoms with E-state index in [2.05, 4.69) is 16.0 Å². The van der Waals surface area contributed by atoms with E-state index in [1.807, 2.05) is 17.2 Å². The van der Waals surface area contributed by atoms with Crippen molar-refractivity contribution in [3.05, 3.63) is 63.8 Å². The Kier molecular flexibility index (Phi) is 4.55. The Balaban J connectivity index is 1.60. The Bertz CT molecular complexity index is 731. The summed E-state index contributed by atoms with van der Waals surface area (Å²) in [6.07, 6.45) is 6.69. The second-order valence-corrected chi connectivity index (χ2v) is 6.22. The summed E-state index contributed by atoms with van der Waals surface area (Å²) < 4.78 is 0. The van der Waals surface area contributed by atoms with E-state index in [9.17, 15) is 9.59 Å². The van der Waals surface area contributed by atoms with Gasteiger partial charge in [-0.3, -0.25) is 14.6 Å². The smallest absolute Gasteiger partial charge is 0.254 e. The van der Waals surface area contributed by atoms with E-state index in [-0.39, 0.29) is 11.5 Å². The van der Waals surface area contributed by atoms with E-state index >= 15 is 0 Å². The lowest BCUT2D eigenvalue weighted by Crippen LogP contribution is -2.39. The molecule has 0 unspecified atom stereocenters. The molecule has 0 bridgehead atoms. The van der Waals surface area contributed by atoms with Crippen molar-refractivity contribution in [3.8, 4) is 0 Å². The van der Waals surface area contributed by atoms with E-state index in [4.69, 9.17) is 0 Å². The number of likely N-dealkylation sites (tertiary alicyclic amines) is 1. The van der Waals surface area contributed by atoms with Gasteiger partial charge >= 0.3 is 0 Å². The molecule has 0 aromatic carbocycles. The number of rotatable bonds is 3. The molecule has 5 nitrogen and oxygen atoms in total. The van der Waals surface area contributed by atoms with Crippen LogP contribution in [0.2, 0.25) is 0 Å². The van der Waals surface area contributed by atoms with Crippen LogP contribution in [-0.2, 0) is 6.42 Å². The van der Waals surface area contributed by atoms with E-state index in [0.717, 1.165) is 32.4 Å². The van der Waals surface area contributed by atoms with Gasteiger partial charge in [-0.05, 0) is 49.8 Å². The van der Waals surface area contributed by atoms with Crippen molar-refractivity contribution in [2.45, 2.75) is 26.2 Å². The second-order valence-electron chi connectivity index (χ2n) is 6.22. The van der Waals surface area contributed by atoms with Crippen LogP contribution < -0.4 is 5.56 Å². The number of piperidine rings is 1. The monoisotopic (exact) mass is 311 g/mol. The molecule has 0 spiro atoms. The van der Waals surface area contributed by atoms with Crippen LogP contribution in [-0.4, -0.2) is 33.9 Å². The van der Waals surface area contributed by atoms with Crippen LogP contribution in [0.4, 0.5) is 0 Å².